The van der Waals surface area contributed by atoms with Crippen LogP contribution in [0.15, 0.2) is 36.5 Å². The van der Waals surface area contributed by atoms with Gasteiger partial charge in [0, 0.05) is 11.9 Å². The number of hydrogen-bond donors (Lipinski definition) is 2. The number of aromatic nitrogens is 2. The molecule has 1 amide bonds. The number of carbonyl (C=O) groups excluding carboxylic acids is 2. The molecule has 2 aromatic rings. The molecule has 4 N–H and O–H groups in total. The van der Waals surface area contributed by atoms with Crippen molar-refractivity contribution in [1.29, 1.82) is 0 Å². The highest BCUT2D eigenvalue weighted by Crippen LogP contribution is 2.12. The molecule has 1 heterocycles. The van der Waals surface area contributed by atoms with Crippen LogP contribution in [0.1, 0.15) is 16.9 Å². The maximum Gasteiger partial charge on any atom is 0.358 e. The fourth-order valence-electron chi connectivity index (χ4n) is 1.56. The van der Waals surface area contributed by atoms with Crippen molar-refractivity contribution in [3.05, 3.63) is 42.2 Å². The lowest BCUT2D eigenvalue weighted by Crippen LogP contribution is -2.16. The fraction of sp³-hybridized carbons (Fsp3) is 0.154. The SMILES string of the molecule is NC(=O)CCOC(=O)c1ccn(-c2cccc(N)c2)n1. The molecule has 0 saturated heterocycles. The number of nitrogens with two attached hydrogens (primary N) is 2. The largest absolute Gasteiger partial charge is 0.460 e. The molecular weight excluding hydrogens is 260 g/mol. The summed E-state index contributed by atoms with van der Waals surface area (Å²) in [6, 6.07) is 8.61. The maximum atomic E-state index is 11.7. The first kappa shape index (κ1) is 13.6. The number of hydrogen-bond acceptors (Lipinski definition) is 5. The minimum absolute atomic E-state index is 0.0122. The first-order chi connectivity index (χ1) is 9.56. The predicted octanol–water partition coefficient (Wildman–Crippen LogP) is 0.487. The summed E-state index contributed by atoms with van der Waals surface area (Å²) in [6.07, 6.45) is 1.61. The highest BCUT2D eigenvalue weighted by molar-refractivity contribution is 5.87. The lowest BCUT2D eigenvalue weighted by molar-refractivity contribution is -0.118. The van der Waals surface area contributed by atoms with Gasteiger partial charge in [-0.3, -0.25) is 4.79 Å². The molecule has 104 valence electrons. The van der Waals surface area contributed by atoms with Gasteiger partial charge in [-0.25, -0.2) is 9.48 Å². The number of nitrogen functional groups attached to an aromatic ring is 1. The molecule has 0 atom stereocenters. The van der Waals surface area contributed by atoms with E-state index in [4.69, 9.17) is 16.2 Å². The molecule has 7 heteroatoms. The number of anilines is 1. The van der Waals surface area contributed by atoms with Gasteiger partial charge >= 0.3 is 5.97 Å². The Balaban J connectivity index is 2.05. The molecule has 20 heavy (non-hydrogen) atoms. The topological polar surface area (TPSA) is 113 Å². The normalized spacial score (nSPS) is 10.2. The van der Waals surface area contributed by atoms with Gasteiger partial charge in [0.15, 0.2) is 5.69 Å². The molecule has 0 fully saturated rings. The van der Waals surface area contributed by atoms with Crippen LogP contribution in [-0.4, -0.2) is 28.3 Å². The van der Waals surface area contributed by atoms with E-state index in [9.17, 15) is 9.59 Å². The molecule has 0 unspecified atom stereocenters. The van der Waals surface area contributed by atoms with E-state index in [0.29, 0.717) is 5.69 Å². The molecule has 0 spiro atoms. The number of benzene rings is 1. The molecule has 7 nitrogen and oxygen atoms in total. The molecule has 0 saturated carbocycles. The number of carbonyl (C=O) groups is 2. The average Bonchev–Trinajstić information content (AvgIpc) is 2.87. The first-order valence-corrected chi connectivity index (χ1v) is 5.93. The van der Waals surface area contributed by atoms with Crippen molar-refractivity contribution in [2.45, 2.75) is 6.42 Å². The summed E-state index contributed by atoms with van der Waals surface area (Å²) in [6.45, 7) is -0.0562. The second-order valence-electron chi connectivity index (χ2n) is 4.09. The third-order valence-electron chi connectivity index (χ3n) is 2.51. The van der Waals surface area contributed by atoms with Gasteiger partial charge < -0.3 is 16.2 Å². The molecule has 1 aromatic heterocycles. The van der Waals surface area contributed by atoms with E-state index >= 15 is 0 Å². The first-order valence-electron chi connectivity index (χ1n) is 5.93. The Morgan fingerprint density at radius 2 is 2.10 bits per heavy atom. The third kappa shape index (κ3) is 3.35. The van der Waals surface area contributed by atoms with E-state index in [1.54, 1.807) is 24.4 Å². The molecule has 0 aliphatic heterocycles. The van der Waals surface area contributed by atoms with Gasteiger partial charge in [-0.15, -0.1) is 0 Å². The predicted molar refractivity (Wildman–Crippen MR) is 72.1 cm³/mol. The summed E-state index contributed by atoms with van der Waals surface area (Å²) in [5.74, 6) is -1.13. The molecule has 1 aromatic carbocycles. The number of primary amides is 1. The fourth-order valence-corrected chi connectivity index (χ4v) is 1.56. The van der Waals surface area contributed by atoms with Gasteiger partial charge in [-0.1, -0.05) is 6.07 Å². The van der Waals surface area contributed by atoms with Gasteiger partial charge in [-0.05, 0) is 24.3 Å². The standard InChI is InChI=1S/C13H14N4O3/c14-9-2-1-3-10(8-9)17-6-4-11(16-17)13(19)20-7-5-12(15)18/h1-4,6,8H,5,7,14H2,(H2,15,18). The number of amides is 1. The Bertz CT molecular complexity index is 636. The third-order valence-corrected chi connectivity index (χ3v) is 2.51. The molecule has 0 aliphatic carbocycles. The van der Waals surface area contributed by atoms with Crippen LogP contribution in [0.4, 0.5) is 5.69 Å². The minimum Gasteiger partial charge on any atom is -0.460 e. The Morgan fingerprint density at radius 3 is 2.80 bits per heavy atom. The summed E-state index contributed by atoms with van der Waals surface area (Å²) in [7, 11) is 0. The lowest BCUT2D eigenvalue weighted by Gasteiger charge is -2.02. The average molecular weight is 274 g/mol. The van der Waals surface area contributed by atoms with Gasteiger partial charge in [0.25, 0.3) is 0 Å². The zero-order valence-corrected chi connectivity index (χ0v) is 10.7. The van der Waals surface area contributed by atoms with E-state index < -0.39 is 11.9 Å². The summed E-state index contributed by atoms with van der Waals surface area (Å²) >= 11 is 0. The molecule has 0 bridgehead atoms. The van der Waals surface area contributed by atoms with Crippen LogP contribution < -0.4 is 11.5 Å². The molecule has 0 aliphatic rings. The number of nitrogens with zero attached hydrogens (tertiary/aromatic N) is 2. The van der Waals surface area contributed by atoms with Crippen molar-refractivity contribution in [2.24, 2.45) is 5.73 Å². The van der Waals surface area contributed by atoms with Gasteiger partial charge in [0.05, 0.1) is 12.1 Å². The summed E-state index contributed by atoms with van der Waals surface area (Å²) in [4.78, 5) is 22.2. The quantitative estimate of drug-likeness (QED) is 0.608. The van der Waals surface area contributed by atoms with Crippen LogP contribution in [0, 0.1) is 0 Å². The van der Waals surface area contributed by atoms with E-state index in [0.717, 1.165) is 5.69 Å². The number of ether oxygens (including phenoxy) is 1. The van der Waals surface area contributed by atoms with Crippen LogP contribution in [0.5, 0.6) is 0 Å². The molecule has 2 rings (SSSR count). The second kappa shape index (κ2) is 5.87. The van der Waals surface area contributed by atoms with E-state index in [1.165, 1.54) is 10.7 Å². The Labute approximate surface area is 115 Å². The zero-order valence-electron chi connectivity index (χ0n) is 10.7. The van der Waals surface area contributed by atoms with Crippen LogP contribution >= 0.6 is 0 Å². The summed E-state index contributed by atoms with van der Waals surface area (Å²) < 4.78 is 6.39. The number of rotatable bonds is 5. The van der Waals surface area contributed by atoms with Crippen molar-refractivity contribution in [2.75, 3.05) is 12.3 Å². The van der Waals surface area contributed by atoms with Gasteiger partial charge in [-0.2, -0.15) is 5.10 Å². The van der Waals surface area contributed by atoms with Crippen LogP contribution in [0.3, 0.4) is 0 Å². The van der Waals surface area contributed by atoms with Crippen molar-refractivity contribution in [1.82, 2.24) is 9.78 Å². The van der Waals surface area contributed by atoms with Crippen molar-refractivity contribution in [3.63, 3.8) is 0 Å². The van der Waals surface area contributed by atoms with Crippen molar-refractivity contribution < 1.29 is 14.3 Å². The smallest absolute Gasteiger partial charge is 0.358 e. The number of esters is 1. The highest BCUT2D eigenvalue weighted by Gasteiger charge is 2.12. The van der Waals surface area contributed by atoms with Crippen LogP contribution in [0.2, 0.25) is 0 Å². The maximum absolute atomic E-state index is 11.7. The minimum atomic E-state index is -0.603. The summed E-state index contributed by atoms with van der Waals surface area (Å²) in [5.41, 5.74) is 12.1. The van der Waals surface area contributed by atoms with E-state index in [1.807, 2.05) is 6.07 Å². The Kier molecular flexibility index (Phi) is 3.99. The second-order valence-corrected chi connectivity index (χ2v) is 4.09. The highest BCUT2D eigenvalue weighted by atomic mass is 16.5. The Hall–Kier alpha value is -2.83. The molecular formula is C13H14N4O3. The van der Waals surface area contributed by atoms with Crippen LogP contribution in [-0.2, 0) is 9.53 Å². The van der Waals surface area contributed by atoms with E-state index in [-0.39, 0.29) is 18.7 Å². The zero-order chi connectivity index (χ0) is 14.5. The van der Waals surface area contributed by atoms with E-state index in [2.05, 4.69) is 5.10 Å². The Morgan fingerprint density at radius 1 is 1.30 bits per heavy atom. The monoisotopic (exact) mass is 274 g/mol. The van der Waals surface area contributed by atoms with Crippen molar-refractivity contribution >= 4 is 17.6 Å². The molecule has 0 radical (unpaired) electrons. The summed E-state index contributed by atoms with van der Waals surface area (Å²) in [5, 5.41) is 4.09. The van der Waals surface area contributed by atoms with Gasteiger partial charge in [0.1, 0.15) is 6.61 Å². The van der Waals surface area contributed by atoms with Crippen LogP contribution in [0.25, 0.3) is 5.69 Å². The lowest BCUT2D eigenvalue weighted by atomic mass is 10.3. The van der Waals surface area contributed by atoms with Crippen molar-refractivity contribution in [3.8, 4) is 5.69 Å². The van der Waals surface area contributed by atoms with Gasteiger partial charge in [0.2, 0.25) is 5.91 Å².